The van der Waals surface area contributed by atoms with Crippen LogP contribution in [0.25, 0.3) is 11.0 Å². The molecule has 1 unspecified atom stereocenters. The minimum atomic E-state index is -0.374. The molecule has 0 spiro atoms. The largest absolute Gasteiger partial charge is 0.326 e. The predicted molar refractivity (Wildman–Crippen MR) is 79.2 cm³/mol. The van der Waals surface area contributed by atoms with Gasteiger partial charge in [-0.15, -0.1) is 0 Å². The van der Waals surface area contributed by atoms with Gasteiger partial charge < -0.3 is 10.3 Å². The molecule has 0 fully saturated rings. The maximum absolute atomic E-state index is 13.4. The zero-order valence-electron chi connectivity index (χ0n) is 12.1. The normalized spacial score (nSPS) is 13.0. The van der Waals surface area contributed by atoms with Crippen LogP contribution in [-0.2, 0) is 13.6 Å². The molecule has 5 nitrogen and oxygen atoms in total. The van der Waals surface area contributed by atoms with Crippen molar-refractivity contribution in [2.75, 3.05) is 0 Å². The summed E-state index contributed by atoms with van der Waals surface area (Å²) in [4.78, 5) is 4.54. The van der Waals surface area contributed by atoms with Gasteiger partial charge in [0.05, 0.1) is 23.3 Å². The van der Waals surface area contributed by atoms with Crippen molar-refractivity contribution in [3.8, 4) is 0 Å². The van der Waals surface area contributed by atoms with Gasteiger partial charge in [-0.25, -0.2) is 9.37 Å². The van der Waals surface area contributed by atoms with Crippen LogP contribution in [0.5, 0.6) is 0 Å². The molecule has 0 bridgehead atoms. The first-order valence-electron chi connectivity index (χ1n) is 7.00. The smallest absolute Gasteiger partial charge is 0.131 e. The maximum atomic E-state index is 13.4. The van der Waals surface area contributed by atoms with Crippen LogP contribution in [-0.4, -0.2) is 19.3 Å². The molecule has 2 aromatic heterocycles. The second kappa shape index (κ2) is 5.29. The quantitative estimate of drug-likeness (QED) is 0.801. The summed E-state index contributed by atoms with van der Waals surface area (Å²) in [7, 11) is 1.85. The van der Waals surface area contributed by atoms with Crippen molar-refractivity contribution in [2.45, 2.75) is 25.9 Å². The zero-order chi connectivity index (χ0) is 15.0. The Labute approximate surface area is 122 Å². The molecular weight excluding hydrogens is 269 g/mol. The van der Waals surface area contributed by atoms with Crippen molar-refractivity contribution in [1.29, 1.82) is 0 Å². The highest BCUT2D eigenvalue weighted by molar-refractivity contribution is 5.76. The number of halogens is 1. The van der Waals surface area contributed by atoms with Gasteiger partial charge in [0.15, 0.2) is 0 Å². The maximum Gasteiger partial charge on any atom is 0.131 e. The summed E-state index contributed by atoms with van der Waals surface area (Å²) >= 11 is 0. The molecule has 0 aliphatic carbocycles. The van der Waals surface area contributed by atoms with Crippen LogP contribution >= 0.6 is 0 Å². The summed E-state index contributed by atoms with van der Waals surface area (Å²) in [6, 6.07) is 4.28. The number of benzene rings is 1. The van der Waals surface area contributed by atoms with Crippen molar-refractivity contribution >= 4 is 11.0 Å². The van der Waals surface area contributed by atoms with E-state index in [4.69, 9.17) is 5.73 Å². The van der Waals surface area contributed by atoms with Crippen molar-refractivity contribution in [3.05, 3.63) is 47.8 Å². The molecule has 2 N–H and O–H groups in total. The number of imidazole rings is 1. The van der Waals surface area contributed by atoms with Gasteiger partial charge in [0.25, 0.3) is 0 Å². The molecule has 0 saturated heterocycles. The third-order valence-electron chi connectivity index (χ3n) is 3.55. The first-order chi connectivity index (χ1) is 10.1. The van der Waals surface area contributed by atoms with Crippen LogP contribution in [0.1, 0.15) is 30.8 Å². The van der Waals surface area contributed by atoms with E-state index in [1.807, 2.05) is 13.2 Å². The predicted octanol–water partition coefficient (Wildman–Crippen LogP) is 2.37. The average molecular weight is 287 g/mol. The van der Waals surface area contributed by atoms with Gasteiger partial charge >= 0.3 is 0 Å². The number of rotatable bonds is 4. The minimum Gasteiger partial charge on any atom is -0.326 e. The van der Waals surface area contributed by atoms with Crippen molar-refractivity contribution in [2.24, 2.45) is 12.8 Å². The molecule has 21 heavy (non-hydrogen) atoms. The van der Waals surface area contributed by atoms with E-state index in [0.717, 1.165) is 29.9 Å². The fraction of sp³-hybridized carbons (Fsp3) is 0.333. The van der Waals surface area contributed by atoms with E-state index in [1.54, 1.807) is 16.9 Å². The first-order valence-corrected chi connectivity index (χ1v) is 7.00. The minimum absolute atomic E-state index is 0.287. The molecule has 3 aromatic rings. The molecule has 0 radical (unpaired) electrons. The molecule has 6 heteroatoms. The number of hydrogen-bond acceptors (Lipinski definition) is 3. The topological polar surface area (TPSA) is 61.7 Å². The molecule has 0 aliphatic heterocycles. The number of hydrogen-bond donors (Lipinski definition) is 1. The van der Waals surface area contributed by atoms with Gasteiger partial charge in [0.2, 0.25) is 0 Å². The first kappa shape index (κ1) is 13.8. The molecule has 2 heterocycles. The fourth-order valence-corrected chi connectivity index (χ4v) is 2.57. The summed E-state index contributed by atoms with van der Waals surface area (Å²) in [6.07, 6.45) is 4.57. The van der Waals surface area contributed by atoms with E-state index in [1.165, 1.54) is 12.1 Å². The molecule has 110 valence electrons. The third-order valence-corrected chi connectivity index (χ3v) is 3.55. The summed E-state index contributed by atoms with van der Waals surface area (Å²) < 4.78 is 17.2. The van der Waals surface area contributed by atoms with Crippen molar-refractivity contribution < 1.29 is 4.39 Å². The number of nitrogens with zero attached hydrogens (tertiary/aromatic N) is 4. The van der Waals surface area contributed by atoms with E-state index in [2.05, 4.69) is 21.6 Å². The summed E-state index contributed by atoms with van der Waals surface area (Å²) in [6.45, 7) is 2.89. The van der Waals surface area contributed by atoms with Crippen LogP contribution < -0.4 is 5.73 Å². The lowest BCUT2D eigenvalue weighted by Gasteiger charge is -2.12. The lowest BCUT2D eigenvalue weighted by atomic mass is 10.1. The van der Waals surface area contributed by atoms with Gasteiger partial charge in [-0.2, -0.15) is 5.10 Å². The summed E-state index contributed by atoms with van der Waals surface area (Å²) in [5.74, 6) is 0.454. The Morgan fingerprint density at radius 3 is 2.86 bits per heavy atom. The van der Waals surface area contributed by atoms with Crippen LogP contribution in [0.15, 0.2) is 30.6 Å². The van der Waals surface area contributed by atoms with E-state index >= 15 is 0 Å². The number of aryl methyl sites for hydroxylation is 2. The third kappa shape index (κ3) is 2.42. The SMILES string of the molecule is CCCn1c(C(N)c2cnn(C)c2)nc2cc(F)ccc21. The van der Waals surface area contributed by atoms with Crippen LogP contribution in [0.4, 0.5) is 4.39 Å². The van der Waals surface area contributed by atoms with Crippen molar-refractivity contribution in [1.82, 2.24) is 19.3 Å². The number of nitrogens with two attached hydrogens (primary N) is 1. The van der Waals surface area contributed by atoms with Crippen LogP contribution in [0, 0.1) is 5.82 Å². The highest BCUT2D eigenvalue weighted by Crippen LogP contribution is 2.24. The second-order valence-corrected chi connectivity index (χ2v) is 5.18. The number of fused-ring (bicyclic) bond motifs is 1. The van der Waals surface area contributed by atoms with Gasteiger partial charge in [0.1, 0.15) is 11.6 Å². The Morgan fingerprint density at radius 2 is 2.19 bits per heavy atom. The van der Waals surface area contributed by atoms with Gasteiger partial charge in [-0.3, -0.25) is 4.68 Å². The molecule has 0 saturated carbocycles. The molecule has 1 aromatic carbocycles. The van der Waals surface area contributed by atoms with Gasteiger partial charge in [-0.1, -0.05) is 6.92 Å². The Morgan fingerprint density at radius 1 is 1.38 bits per heavy atom. The molecule has 0 amide bonds. The Balaban J connectivity index is 2.14. The van der Waals surface area contributed by atoms with Gasteiger partial charge in [0, 0.05) is 31.4 Å². The monoisotopic (exact) mass is 287 g/mol. The highest BCUT2D eigenvalue weighted by atomic mass is 19.1. The highest BCUT2D eigenvalue weighted by Gasteiger charge is 2.19. The fourth-order valence-electron chi connectivity index (χ4n) is 2.57. The number of aromatic nitrogens is 4. The van der Waals surface area contributed by atoms with Crippen molar-refractivity contribution in [3.63, 3.8) is 0 Å². The molecule has 3 rings (SSSR count). The Bertz CT molecular complexity index is 774. The van der Waals surface area contributed by atoms with Crippen LogP contribution in [0.3, 0.4) is 0 Å². The lowest BCUT2D eigenvalue weighted by molar-refractivity contribution is 0.625. The van der Waals surface area contributed by atoms with E-state index < -0.39 is 0 Å². The lowest BCUT2D eigenvalue weighted by Crippen LogP contribution is -2.17. The molecule has 1 atom stereocenters. The van der Waals surface area contributed by atoms with E-state index in [0.29, 0.717) is 5.52 Å². The van der Waals surface area contributed by atoms with Crippen LogP contribution in [0.2, 0.25) is 0 Å². The average Bonchev–Trinajstić information content (AvgIpc) is 3.03. The van der Waals surface area contributed by atoms with E-state index in [-0.39, 0.29) is 11.9 Å². The Kier molecular flexibility index (Phi) is 3.47. The molecule has 0 aliphatic rings. The second-order valence-electron chi connectivity index (χ2n) is 5.18. The summed E-state index contributed by atoms with van der Waals surface area (Å²) in [5.41, 5.74) is 8.77. The Hall–Kier alpha value is -2.21. The molecular formula is C15H18FN5. The van der Waals surface area contributed by atoms with Gasteiger partial charge in [-0.05, 0) is 18.6 Å². The zero-order valence-corrected chi connectivity index (χ0v) is 12.1. The standard InChI is InChI=1S/C15H18FN5/c1-3-6-21-13-5-4-11(16)7-12(13)19-15(21)14(17)10-8-18-20(2)9-10/h4-5,7-9,14H,3,6,17H2,1-2H3. The van der Waals surface area contributed by atoms with E-state index in [9.17, 15) is 4.39 Å². The summed E-state index contributed by atoms with van der Waals surface area (Å²) in [5, 5.41) is 4.15.